The number of ketones is 1. The van der Waals surface area contributed by atoms with Crippen LogP contribution in [0, 0.1) is 0 Å². The molecule has 0 aliphatic carbocycles. The van der Waals surface area contributed by atoms with E-state index in [0.717, 1.165) is 15.8 Å². The Morgan fingerprint density at radius 3 is 2.36 bits per heavy atom. The minimum absolute atomic E-state index is 0.155. The molecule has 0 saturated carbocycles. The average Bonchev–Trinajstić information content (AvgIpc) is 3.09. The summed E-state index contributed by atoms with van der Waals surface area (Å²) >= 11 is 1.38. The molecule has 3 rings (SSSR count). The number of nitrogens with zero attached hydrogens (tertiary/aromatic N) is 1. The predicted molar refractivity (Wildman–Crippen MR) is 99.1 cm³/mol. The minimum atomic E-state index is -0.155. The number of benzene rings is 2. The number of carbonyl (C=O) groups excluding carboxylic acids is 1. The summed E-state index contributed by atoms with van der Waals surface area (Å²) in [5.74, 6) is 1.56. The molecule has 0 aliphatic heterocycles. The Morgan fingerprint density at radius 2 is 1.68 bits per heavy atom. The maximum atomic E-state index is 12.4. The predicted octanol–water partition coefficient (Wildman–Crippen LogP) is 4.22. The molecular weight excluding hydrogens is 338 g/mol. The van der Waals surface area contributed by atoms with E-state index in [-0.39, 0.29) is 5.78 Å². The molecule has 0 aliphatic rings. The average molecular weight is 355 g/mol. The lowest BCUT2D eigenvalue weighted by atomic mass is 10.1. The topological polar surface area (TPSA) is 57.7 Å². The van der Waals surface area contributed by atoms with Gasteiger partial charge in [-0.15, -0.1) is 11.3 Å². The Balaban J connectivity index is 1.91. The Kier molecular flexibility index (Phi) is 5.00. The van der Waals surface area contributed by atoms with Gasteiger partial charge in [-0.2, -0.15) is 0 Å². The van der Waals surface area contributed by atoms with E-state index < -0.39 is 0 Å². The van der Waals surface area contributed by atoms with Gasteiger partial charge >= 0.3 is 0 Å². The highest BCUT2D eigenvalue weighted by atomic mass is 32.1. The first-order valence-corrected chi connectivity index (χ1v) is 8.36. The van der Waals surface area contributed by atoms with Gasteiger partial charge in [0.1, 0.15) is 5.75 Å². The number of rotatable bonds is 6. The lowest BCUT2D eigenvalue weighted by Crippen LogP contribution is -1.96. The fourth-order valence-corrected chi connectivity index (χ4v) is 3.28. The summed E-state index contributed by atoms with van der Waals surface area (Å²) in [5, 5.41) is 0.455. The SMILES string of the molecule is COc1cc(OC)c(OC)cc1C=CC(=O)c1nc2ccccc2s1. The number of fused-ring (bicyclic) bond motifs is 1. The first-order chi connectivity index (χ1) is 12.2. The summed E-state index contributed by atoms with van der Waals surface area (Å²) < 4.78 is 16.9. The molecule has 0 bridgehead atoms. The molecule has 1 heterocycles. The van der Waals surface area contributed by atoms with E-state index in [1.807, 2.05) is 24.3 Å². The summed E-state index contributed by atoms with van der Waals surface area (Å²) in [6.07, 6.45) is 3.18. The molecule has 0 unspecified atom stereocenters. The van der Waals surface area contributed by atoms with E-state index in [2.05, 4.69) is 4.98 Å². The summed E-state index contributed by atoms with van der Waals surface area (Å²) in [6, 6.07) is 11.2. The number of methoxy groups -OCH3 is 3. The van der Waals surface area contributed by atoms with E-state index in [1.54, 1.807) is 39.5 Å². The number of hydrogen-bond acceptors (Lipinski definition) is 6. The lowest BCUT2D eigenvalue weighted by molar-refractivity contribution is 0.104. The van der Waals surface area contributed by atoms with Crippen molar-refractivity contribution >= 4 is 33.4 Å². The van der Waals surface area contributed by atoms with Crippen molar-refractivity contribution in [3.8, 4) is 17.2 Å². The first kappa shape index (κ1) is 17.0. The van der Waals surface area contributed by atoms with Gasteiger partial charge in [0.15, 0.2) is 16.5 Å². The Bertz CT molecular complexity index is 913. The van der Waals surface area contributed by atoms with E-state index in [9.17, 15) is 4.79 Å². The van der Waals surface area contributed by atoms with Crippen LogP contribution in [-0.4, -0.2) is 32.1 Å². The third-order valence-electron chi connectivity index (χ3n) is 3.65. The third-order valence-corrected chi connectivity index (χ3v) is 4.71. The van der Waals surface area contributed by atoms with Crippen LogP contribution < -0.4 is 14.2 Å². The van der Waals surface area contributed by atoms with Crippen LogP contribution in [0.1, 0.15) is 15.4 Å². The molecule has 2 aromatic carbocycles. The largest absolute Gasteiger partial charge is 0.496 e. The zero-order valence-corrected chi connectivity index (χ0v) is 14.9. The van der Waals surface area contributed by atoms with Crippen molar-refractivity contribution in [2.75, 3.05) is 21.3 Å². The molecule has 0 saturated heterocycles. The molecule has 25 heavy (non-hydrogen) atoms. The van der Waals surface area contributed by atoms with Crippen LogP contribution >= 0.6 is 11.3 Å². The maximum absolute atomic E-state index is 12.4. The van der Waals surface area contributed by atoms with Crippen molar-refractivity contribution in [3.05, 3.63) is 53.0 Å². The van der Waals surface area contributed by atoms with Crippen LogP contribution in [0.4, 0.5) is 0 Å². The quantitative estimate of drug-likeness (QED) is 0.489. The Hall–Kier alpha value is -2.86. The first-order valence-electron chi connectivity index (χ1n) is 7.54. The summed E-state index contributed by atoms with van der Waals surface area (Å²) in [7, 11) is 4.68. The standard InChI is InChI=1S/C19H17NO4S/c1-22-15-11-17(24-3)16(23-2)10-12(15)8-9-14(21)19-20-13-6-4-5-7-18(13)25-19/h4-11H,1-3H3. The number of aromatic nitrogens is 1. The fourth-order valence-electron chi connectivity index (χ4n) is 2.40. The van der Waals surface area contributed by atoms with Crippen molar-refractivity contribution in [2.24, 2.45) is 0 Å². The highest BCUT2D eigenvalue weighted by Gasteiger charge is 2.12. The highest BCUT2D eigenvalue weighted by Crippen LogP contribution is 2.35. The fraction of sp³-hybridized carbons (Fsp3) is 0.158. The second-order valence-electron chi connectivity index (χ2n) is 5.13. The van der Waals surface area contributed by atoms with Gasteiger partial charge < -0.3 is 14.2 Å². The number of carbonyl (C=O) groups is 1. The lowest BCUT2D eigenvalue weighted by Gasteiger charge is -2.11. The monoisotopic (exact) mass is 355 g/mol. The van der Waals surface area contributed by atoms with Gasteiger partial charge in [0, 0.05) is 11.6 Å². The second kappa shape index (κ2) is 7.36. The van der Waals surface area contributed by atoms with Crippen molar-refractivity contribution in [1.29, 1.82) is 0 Å². The van der Waals surface area contributed by atoms with E-state index in [0.29, 0.717) is 22.3 Å². The van der Waals surface area contributed by atoms with Crippen LogP contribution in [0.2, 0.25) is 0 Å². The smallest absolute Gasteiger partial charge is 0.214 e. The van der Waals surface area contributed by atoms with Crippen molar-refractivity contribution < 1.29 is 19.0 Å². The van der Waals surface area contributed by atoms with Crippen molar-refractivity contribution in [2.45, 2.75) is 0 Å². The molecule has 0 amide bonds. The number of thiazole rings is 1. The maximum Gasteiger partial charge on any atom is 0.214 e. The number of allylic oxidation sites excluding steroid dienone is 1. The Morgan fingerprint density at radius 1 is 1.00 bits per heavy atom. The zero-order valence-electron chi connectivity index (χ0n) is 14.1. The normalized spacial score (nSPS) is 11.0. The second-order valence-corrected chi connectivity index (χ2v) is 6.16. The Labute approximate surface area is 149 Å². The van der Waals surface area contributed by atoms with Crippen LogP contribution in [-0.2, 0) is 0 Å². The number of hydrogen-bond donors (Lipinski definition) is 0. The van der Waals surface area contributed by atoms with Gasteiger partial charge in [-0.1, -0.05) is 12.1 Å². The van der Waals surface area contributed by atoms with Gasteiger partial charge in [0.2, 0.25) is 5.78 Å². The van der Waals surface area contributed by atoms with Gasteiger partial charge in [0.05, 0.1) is 31.5 Å². The van der Waals surface area contributed by atoms with Gasteiger partial charge in [-0.25, -0.2) is 4.98 Å². The van der Waals surface area contributed by atoms with E-state index >= 15 is 0 Å². The minimum Gasteiger partial charge on any atom is -0.496 e. The van der Waals surface area contributed by atoms with E-state index in [1.165, 1.54) is 17.4 Å². The zero-order chi connectivity index (χ0) is 17.8. The summed E-state index contributed by atoms with van der Waals surface area (Å²) in [4.78, 5) is 16.8. The molecule has 128 valence electrons. The molecule has 0 radical (unpaired) electrons. The van der Waals surface area contributed by atoms with Crippen LogP contribution in [0.15, 0.2) is 42.5 Å². The molecule has 0 fully saturated rings. The summed E-state index contributed by atoms with van der Waals surface area (Å²) in [5.41, 5.74) is 1.54. The van der Waals surface area contributed by atoms with Crippen LogP contribution in [0.25, 0.3) is 16.3 Å². The van der Waals surface area contributed by atoms with Gasteiger partial charge in [0.25, 0.3) is 0 Å². The molecule has 0 spiro atoms. The molecule has 0 atom stereocenters. The molecule has 6 heteroatoms. The van der Waals surface area contributed by atoms with Gasteiger partial charge in [-0.05, 0) is 30.4 Å². The molecule has 1 aromatic heterocycles. The van der Waals surface area contributed by atoms with Crippen LogP contribution in [0.5, 0.6) is 17.2 Å². The van der Waals surface area contributed by atoms with Crippen molar-refractivity contribution in [3.63, 3.8) is 0 Å². The van der Waals surface area contributed by atoms with E-state index in [4.69, 9.17) is 14.2 Å². The van der Waals surface area contributed by atoms with Crippen molar-refractivity contribution in [1.82, 2.24) is 4.98 Å². The van der Waals surface area contributed by atoms with Gasteiger partial charge in [-0.3, -0.25) is 4.79 Å². The number of ether oxygens (including phenoxy) is 3. The third kappa shape index (κ3) is 3.49. The molecule has 3 aromatic rings. The number of para-hydroxylation sites is 1. The molecule has 0 N–H and O–H groups in total. The summed E-state index contributed by atoms with van der Waals surface area (Å²) in [6.45, 7) is 0. The van der Waals surface area contributed by atoms with Crippen LogP contribution in [0.3, 0.4) is 0 Å². The molecule has 5 nitrogen and oxygen atoms in total. The molecular formula is C19H17NO4S. The highest BCUT2D eigenvalue weighted by molar-refractivity contribution is 7.20.